The number of nitrogens with one attached hydrogen (secondary N) is 1. The second-order valence-electron chi connectivity index (χ2n) is 3.48. The molecule has 0 heterocycles. The summed E-state index contributed by atoms with van der Waals surface area (Å²) in [6, 6.07) is 5.65. The van der Waals surface area contributed by atoms with E-state index in [0.717, 1.165) is 12.0 Å². The van der Waals surface area contributed by atoms with Crippen LogP contribution >= 0.6 is 23.2 Å². The molecule has 0 aliphatic heterocycles. The summed E-state index contributed by atoms with van der Waals surface area (Å²) < 4.78 is 5.31. The minimum absolute atomic E-state index is 0.0807. The van der Waals surface area contributed by atoms with Crippen LogP contribution in [-0.4, -0.2) is 19.3 Å². The first-order valence-electron chi connectivity index (χ1n) is 5.15. The second kappa shape index (κ2) is 7.09. The Morgan fingerprint density at radius 3 is 2.69 bits per heavy atom. The lowest BCUT2D eigenvalue weighted by atomic mass is 10.1. The fourth-order valence-electron chi connectivity index (χ4n) is 1.38. The number of hydrogen-bond donors (Lipinski definition) is 2. The lowest BCUT2D eigenvalue weighted by Gasteiger charge is -2.15. The average Bonchev–Trinajstić information content (AvgIpc) is 2.29. The third-order valence-electron chi connectivity index (χ3n) is 2.22. The van der Waals surface area contributed by atoms with E-state index in [1.165, 1.54) is 0 Å². The monoisotopic (exact) mass is 262 g/mol. The summed E-state index contributed by atoms with van der Waals surface area (Å²) in [5.41, 5.74) is 3.80. The van der Waals surface area contributed by atoms with Gasteiger partial charge in [-0.2, -0.15) is 0 Å². The van der Waals surface area contributed by atoms with Crippen LogP contribution in [0.2, 0.25) is 10.0 Å². The predicted octanol–water partition coefficient (Wildman–Crippen LogP) is 2.40. The van der Waals surface area contributed by atoms with Crippen molar-refractivity contribution in [3.8, 4) is 0 Å². The van der Waals surface area contributed by atoms with Crippen molar-refractivity contribution in [3.63, 3.8) is 0 Å². The van der Waals surface area contributed by atoms with Crippen LogP contribution in [0.15, 0.2) is 18.2 Å². The van der Waals surface area contributed by atoms with Crippen molar-refractivity contribution in [1.29, 1.82) is 0 Å². The zero-order chi connectivity index (χ0) is 12.0. The van der Waals surface area contributed by atoms with Gasteiger partial charge in [0.1, 0.15) is 0 Å². The van der Waals surface area contributed by atoms with E-state index >= 15 is 0 Å². The molecule has 0 saturated carbocycles. The summed E-state index contributed by atoms with van der Waals surface area (Å²) >= 11 is 11.8. The van der Waals surface area contributed by atoms with Gasteiger partial charge in [-0.25, -0.2) is 0 Å². The van der Waals surface area contributed by atoms with Gasteiger partial charge in [0.25, 0.3) is 0 Å². The smallest absolute Gasteiger partial charge is 0.0636 e. The highest BCUT2D eigenvalue weighted by Crippen LogP contribution is 2.23. The van der Waals surface area contributed by atoms with Gasteiger partial charge in [-0.3, -0.25) is 11.3 Å². The maximum absolute atomic E-state index is 5.93. The average molecular weight is 263 g/mol. The maximum atomic E-state index is 5.93. The van der Waals surface area contributed by atoms with Crippen molar-refractivity contribution in [2.75, 3.05) is 13.2 Å². The number of halogens is 2. The van der Waals surface area contributed by atoms with Gasteiger partial charge in [0.15, 0.2) is 0 Å². The van der Waals surface area contributed by atoms with Crippen molar-refractivity contribution >= 4 is 23.2 Å². The molecule has 1 aromatic carbocycles. The summed E-state index contributed by atoms with van der Waals surface area (Å²) in [6.07, 6.45) is 0.757. The Bertz CT molecular complexity index is 334. The number of rotatable bonds is 6. The Balaban J connectivity index is 2.59. The van der Waals surface area contributed by atoms with Gasteiger partial charge >= 0.3 is 0 Å². The van der Waals surface area contributed by atoms with E-state index in [2.05, 4.69) is 5.43 Å². The summed E-state index contributed by atoms with van der Waals surface area (Å²) in [4.78, 5) is 0. The van der Waals surface area contributed by atoms with Crippen LogP contribution in [0, 0.1) is 0 Å². The first kappa shape index (κ1) is 13.7. The van der Waals surface area contributed by atoms with Crippen LogP contribution in [0.1, 0.15) is 12.5 Å². The molecule has 0 bridgehead atoms. The highest BCUT2D eigenvalue weighted by Gasteiger charge is 2.08. The summed E-state index contributed by atoms with van der Waals surface area (Å²) in [6.45, 7) is 3.21. The van der Waals surface area contributed by atoms with Gasteiger partial charge < -0.3 is 4.74 Å². The number of hydrazine groups is 1. The predicted molar refractivity (Wildman–Crippen MR) is 67.8 cm³/mol. The fourth-order valence-corrected chi connectivity index (χ4v) is 1.70. The fraction of sp³-hybridized carbons (Fsp3) is 0.455. The molecule has 3 nitrogen and oxygen atoms in total. The van der Waals surface area contributed by atoms with E-state index in [0.29, 0.717) is 23.3 Å². The first-order valence-corrected chi connectivity index (χ1v) is 5.90. The van der Waals surface area contributed by atoms with Gasteiger partial charge in [0.2, 0.25) is 0 Å². The molecule has 16 heavy (non-hydrogen) atoms. The second-order valence-corrected chi connectivity index (χ2v) is 4.29. The van der Waals surface area contributed by atoms with E-state index in [9.17, 15) is 0 Å². The summed E-state index contributed by atoms with van der Waals surface area (Å²) in [5.74, 6) is 5.44. The Morgan fingerprint density at radius 1 is 1.38 bits per heavy atom. The Hall–Kier alpha value is -0.320. The molecule has 0 fully saturated rings. The molecular weight excluding hydrogens is 247 g/mol. The third kappa shape index (κ3) is 4.28. The maximum Gasteiger partial charge on any atom is 0.0636 e. The number of ether oxygens (including phenoxy) is 1. The third-order valence-corrected chi connectivity index (χ3v) is 2.96. The minimum Gasteiger partial charge on any atom is -0.380 e. The molecule has 3 N–H and O–H groups in total. The topological polar surface area (TPSA) is 47.3 Å². The molecular formula is C11H16Cl2N2O. The quantitative estimate of drug-likeness (QED) is 0.612. The van der Waals surface area contributed by atoms with E-state index in [1.54, 1.807) is 6.07 Å². The van der Waals surface area contributed by atoms with E-state index in [1.807, 2.05) is 19.1 Å². The lowest BCUT2D eigenvalue weighted by molar-refractivity contribution is 0.123. The molecule has 0 aliphatic rings. The SMILES string of the molecule is CCOCC(Cc1ccc(Cl)c(Cl)c1)NN. The molecule has 90 valence electrons. The van der Waals surface area contributed by atoms with Crippen molar-refractivity contribution in [3.05, 3.63) is 33.8 Å². The molecule has 0 aromatic heterocycles. The standard InChI is InChI=1S/C11H16Cl2N2O/c1-2-16-7-9(15-14)5-8-3-4-10(12)11(13)6-8/h3-4,6,9,15H,2,5,7,14H2,1H3. The van der Waals surface area contributed by atoms with Gasteiger partial charge in [0.05, 0.1) is 16.7 Å². The molecule has 5 heteroatoms. The molecule has 0 spiro atoms. The highest BCUT2D eigenvalue weighted by atomic mass is 35.5. The largest absolute Gasteiger partial charge is 0.380 e. The van der Waals surface area contributed by atoms with Crippen LogP contribution < -0.4 is 11.3 Å². The Kier molecular flexibility index (Phi) is 6.09. The zero-order valence-corrected chi connectivity index (χ0v) is 10.7. The van der Waals surface area contributed by atoms with Crippen LogP contribution in [0.3, 0.4) is 0 Å². The molecule has 1 unspecified atom stereocenters. The summed E-state index contributed by atoms with van der Waals surface area (Å²) in [5, 5.41) is 1.12. The van der Waals surface area contributed by atoms with Gasteiger partial charge in [-0.1, -0.05) is 29.3 Å². The molecule has 1 aromatic rings. The van der Waals surface area contributed by atoms with Crippen LogP contribution in [0.25, 0.3) is 0 Å². The van der Waals surface area contributed by atoms with Crippen LogP contribution in [0.5, 0.6) is 0 Å². The van der Waals surface area contributed by atoms with Gasteiger partial charge in [-0.15, -0.1) is 0 Å². The normalized spacial score (nSPS) is 12.8. The highest BCUT2D eigenvalue weighted by molar-refractivity contribution is 6.42. The number of hydrogen-bond acceptors (Lipinski definition) is 3. The number of benzene rings is 1. The van der Waals surface area contributed by atoms with E-state index < -0.39 is 0 Å². The zero-order valence-electron chi connectivity index (χ0n) is 9.17. The molecule has 1 rings (SSSR count). The van der Waals surface area contributed by atoms with Gasteiger partial charge in [-0.05, 0) is 31.0 Å². The Morgan fingerprint density at radius 2 is 2.12 bits per heavy atom. The van der Waals surface area contributed by atoms with E-state index in [4.69, 9.17) is 33.8 Å². The Labute approximate surface area is 106 Å². The molecule has 0 aliphatic carbocycles. The molecule has 1 atom stereocenters. The lowest BCUT2D eigenvalue weighted by Crippen LogP contribution is -2.40. The van der Waals surface area contributed by atoms with Crippen LogP contribution in [0.4, 0.5) is 0 Å². The van der Waals surface area contributed by atoms with Crippen LogP contribution in [-0.2, 0) is 11.2 Å². The number of nitrogens with two attached hydrogens (primary N) is 1. The first-order chi connectivity index (χ1) is 7.67. The molecule has 0 amide bonds. The van der Waals surface area contributed by atoms with Crippen molar-refractivity contribution < 1.29 is 4.74 Å². The van der Waals surface area contributed by atoms with Gasteiger partial charge in [0, 0.05) is 12.6 Å². The minimum atomic E-state index is 0.0807. The summed E-state index contributed by atoms with van der Waals surface area (Å²) in [7, 11) is 0. The molecule has 0 radical (unpaired) electrons. The van der Waals surface area contributed by atoms with Crippen molar-refractivity contribution in [2.45, 2.75) is 19.4 Å². The molecule has 0 saturated heterocycles. The van der Waals surface area contributed by atoms with E-state index in [-0.39, 0.29) is 6.04 Å². The van der Waals surface area contributed by atoms with Crippen molar-refractivity contribution in [1.82, 2.24) is 5.43 Å². The van der Waals surface area contributed by atoms with Crippen molar-refractivity contribution in [2.24, 2.45) is 5.84 Å².